The quantitative estimate of drug-likeness (QED) is 0.0756. The molecule has 0 aliphatic carbocycles. The van der Waals surface area contributed by atoms with Gasteiger partial charge in [-0.2, -0.15) is 0 Å². The van der Waals surface area contributed by atoms with E-state index in [4.69, 9.17) is 28.2 Å². The first kappa shape index (κ1) is 42.2. The standard InChI is InChI=1S/C39H48N5O11P/c1-5-54-56(49)24-53-29-15-11-26(12-16-29)20-32(41-39(48)55-34-23-52-37-30(34)17-19-51-37)33(45)22-44(43-36(46)35(25(2)3)42-38(47)50-4)21-27-9-13-28(14-10-27)31-8-6-7-18-40-31/h6-16,18,30,32-35,37,45H,2,5,17,19-24H2,1,3-4H3,(H2-,41,42,43,46,47,48)/p+1/t30-,32-,33-,34-,35?,37+/m0/s1. The maximum Gasteiger partial charge on any atom is 0.550 e. The zero-order valence-corrected chi connectivity index (χ0v) is 32.5. The SMILES string of the molecule is C=C(C)C(NC(=O)OC)C(=O)NN(Cc1ccc(-c2ccccn2)cc1)C[C@H](O)[C@H](Cc1ccc(OC[P+](=O)OCC)cc1)NC(=O)O[C@H]1CO[C@H]2OCC[C@H]21. The van der Waals surface area contributed by atoms with Gasteiger partial charge in [0.1, 0.15) is 17.9 Å². The largest absolute Gasteiger partial charge is 0.550 e. The third-order valence-corrected chi connectivity index (χ3v) is 10.1. The summed E-state index contributed by atoms with van der Waals surface area (Å²) in [5, 5.41) is 18.7. The van der Waals surface area contributed by atoms with Crippen LogP contribution in [0, 0.1) is 5.92 Å². The van der Waals surface area contributed by atoms with Crippen LogP contribution in [-0.2, 0) is 45.8 Å². The number of hydrogen-bond donors (Lipinski definition) is 4. The summed E-state index contributed by atoms with van der Waals surface area (Å²) >= 11 is 0. The molecule has 0 bridgehead atoms. The van der Waals surface area contributed by atoms with Crippen molar-refractivity contribution in [2.75, 3.05) is 39.8 Å². The lowest BCUT2D eigenvalue weighted by molar-refractivity contribution is -0.128. The monoisotopic (exact) mass is 794 g/mol. The van der Waals surface area contributed by atoms with Crippen molar-refractivity contribution in [2.24, 2.45) is 5.92 Å². The molecule has 0 spiro atoms. The molecule has 2 aliphatic rings. The average molecular weight is 795 g/mol. The second-order valence-electron chi connectivity index (χ2n) is 13.3. The van der Waals surface area contributed by atoms with Crippen molar-refractivity contribution in [3.05, 3.63) is 96.2 Å². The van der Waals surface area contributed by atoms with Gasteiger partial charge in [-0.25, -0.2) is 14.6 Å². The molecule has 1 aromatic heterocycles. The maximum atomic E-state index is 13.6. The number of ether oxygens (including phenoxy) is 5. The van der Waals surface area contributed by atoms with E-state index < -0.39 is 56.7 Å². The predicted octanol–water partition coefficient (Wildman–Crippen LogP) is 4.46. The third kappa shape index (κ3) is 12.3. The number of carbonyl (C=O) groups is 3. The second-order valence-corrected chi connectivity index (χ2v) is 14.5. The van der Waals surface area contributed by atoms with Gasteiger partial charge in [-0.1, -0.05) is 49.0 Å². The summed E-state index contributed by atoms with van der Waals surface area (Å²) in [4.78, 5) is 43.5. The highest BCUT2D eigenvalue weighted by atomic mass is 31.1. The number of nitrogens with one attached hydrogen (secondary N) is 3. The number of aromatic nitrogens is 1. The van der Waals surface area contributed by atoms with Crippen molar-refractivity contribution in [1.29, 1.82) is 0 Å². The predicted molar refractivity (Wildman–Crippen MR) is 204 cm³/mol. The van der Waals surface area contributed by atoms with Crippen molar-refractivity contribution in [2.45, 2.75) is 63.8 Å². The van der Waals surface area contributed by atoms with Crippen LogP contribution >= 0.6 is 8.03 Å². The number of aliphatic hydroxyl groups excluding tert-OH is 1. The molecule has 17 heteroatoms. The zero-order chi connectivity index (χ0) is 40.0. The molecule has 2 aromatic carbocycles. The van der Waals surface area contributed by atoms with Crippen LogP contribution in [0.15, 0.2) is 85.1 Å². The topological polar surface area (TPSA) is 196 Å². The summed E-state index contributed by atoms with van der Waals surface area (Å²) in [7, 11) is -0.783. The number of methoxy groups -OCH3 is 1. The molecule has 300 valence electrons. The van der Waals surface area contributed by atoms with Crippen LogP contribution in [0.4, 0.5) is 9.59 Å². The van der Waals surface area contributed by atoms with Gasteiger partial charge in [0, 0.05) is 24.8 Å². The van der Waals surface area contributed by atoms with E-state index >= 15 is 0 Å². The average Bonchev–Trinajstić information content (AvgIpc) is 3.82. The van der Waals surface area contributed by atoms with Gasteiger partial charge in [-0.05, 0) is 72.2 Å². The van der Waals surface area contributed by atoms with E-state index in [-0.39, 0.29) is 38.4 Å². The van der Waals surface area contributed by atoms with E-state index in [1.807, 2.05) is 42.5 Å². The van der Waals surface area contributed by atoms with Gasteiger partial charge in [0.15, 0.2) is 6.29 Å². The summed E-state index contributed by atoms with van der Waals surface area (Å²) < 4.78 is 44.3. The fourth-order valence-electron chi connectivity index (χ4n) is 6.29. The highest BCUT2D eigenvalue weighted by molar-refractivity contribution is 7.38. The third-order valence-electron chi connectivity index (χ3n) is 9.17. The minimum atomic E-state index is -1.97. The van der Waals surface area contributed by atoms with Crippen molar-refractivity contribution >= 4 is 26.1 Å². The lowest BCUT2D eigenvalue weighted by Crippen LogP contribution is -2.56. The minimum absolute atomic E-state index is 0.0934. The van der Waals surface area contributed by atoms with Crippen LogP contribution in [0.25, 0.3) is 11.3 Å². The van der Waals surface area contributed by atoms with E-state index in [2.05, 4.69) is 27.6 Å². The first-order valence-electron chi connectivity index (χ1n) is 18.3. The van der Waals surface area contributed by atoms with Crippen LogP contribution in [0.5, 0.6) is 5.75 Å². The molecule has 3 heterocycles. The van der Waals surface area contributed by atoms with E-state index in [0.29, 0.717) is 31.0 Å². The lowest BCUT2D eigenvalue weighted by atomic mass is 10.0. The van der Waals surface area contributed by atoms with Gasteiger partial charge in [0.2, 0.25) is 0 Å². The Kier molecular flexibility index (Phi) is 15.7. The Morgan fingerprint density at radius 2 is 1.79 bits per heavy atom. The number of amides is 3. The van der Waals surface area contributed by atoms with Crippen LogP contribution < -0.4 is 20.8 Å². The maximum absolute atomic E-state index is 13.6. The number of nitrogens with zero attached hydrogens (tertiary/aromatic N) is 2. The Hall–Kier alpha value is -4.96. The van der Waals surface area contributed by atoms with Crippen LogP contribution in [0.3, 0.4) is 0 Å². The summed E-state index contributed by atoms with van der Waals surface area (Å²) in [6.07, 6.45) is -1.35. The number of aliphatic hydroxyl groups is 1. The molecular weight excluding hydrogens is 745 g/mol. The first-order chi connectivity index (χ1) is 27.0. The lowest BCUT2D eigenvalue weighted by Gasteiger charge is -2.32. The normalized spacial score (nSPS) is 19.2. The number of pyridine rings is 1. The van der Waals surface area contributed by atoms with E-state index in [0.717, 1.165) is 22.4 Å². The molecule has 3 amide bonds. The molecule has 2 unspecified atom stereocenters. The zero-order valence-electron chi connectivity index (χ0n) is 31.6. The van der Waals surface area contributed by atoms with E-state index in [1.54, 1.807) is 44.3 Å². The highest BCUT2D eigenvalue weighted by Gasteiger charge is 2.44. The Morgan fingerprint density at radius 1 is 1.04 bits per heavy atom. The van der Waals surface area contributed by atoms with E-state index in [1.165, 1.54) is 12.1 Å². The smallest absolute Gasteiger partial charge is 0.453 e. The highest BCUT2D eigenvalue weighted by Crippen LogP contribution is 2.33. The fourth-order valence-corrected chi connectivity index (χ4v) is 6.90. The minimum Gasteiger partial charge on any atom is -0.453 e. The fraction of sp³-hybridized carbons (Fsp3) is 0.436. The van der Waals surface area contributed by atoms with Crippen LogP contribution in [0.1, 0.15) is 31.4 Å². The summed E-state index contributed by atoms with van der Waals surface area (Å²) in [6.45, 7) is 8.14. The van der Waals surface area contributed by atoms with E-state index in [9.17, 15) is 24.1 Å². The van der Waals surface area contributed by atoms with Crippen LogP contribution in [-0.4, -0.2) is 104 Å². The summed E-state index contributed by atoms with van der Waals surface area (Å²) in [5.74, 6) is -0.254. The second kappa shape index (κ2) is 20.8. The Morgan fingerprint density at radius 3 is 2.46 bits per heavy atom. The number of alkyl carbamates (subject to hydrolysis) is 2. The molecule has 16 nitrogen and oxygen atoms in total. The summed E-state index contributed by atoms with van der Waals surface area (Å²) in [6, 6.07) is 18.0. The molecule has 0 radical (unpaired) electrons. The number of fused-ring (bicyclic) bond motifs is 1. The molecular formula is C39H49N5O11P+. The van der Waals surface area contributed by atoms with Gasteiger partial charge in [0.25, 0.3) is 5.91 Å². The number of benzene rings is 2. The Bertz CT molecular complexity index is 1780. The van der Waals surface area contributed by atoms with Crippen molar-refractivity contribution in [3.63, 3.8) is 0 Å². The molecule has 5 rings (SSSR count). The Labute approximate surface area is 326 Å². The van der Waals surface area contributed by atoms with Crippen molar-refractivity contribution < 1.29 is 52.3 Å². The molecule has 3 aromatic rings. The molecule has 2 saturated heterocycles. The van der Waals surface area contributed by atoms with Gasteiger partial charge >= 0.3 is 26.6 Å². The molecule has 7 atom stereocenters. The van der Waals surface area contributed by atoms with Gasteiger partial charge < -0.3 is 39.4 Å². The first-order valence-corrected chi connectivity index (χ1v) is 19.6. The Balaban J connectivity index is 1.35. The number of rotatable bonds is 19. The van der Waals surface area contributed by atoms with Crippen LogP contribution in [0.2, 0.25) is 0 Å². The molecule has 2 aliphatic heterocycles. The van der Waals surface area contributed by atoms with Gasteiger partial charge in [-0.15, -0.1) is 4.52 Å². The number of hydrazine groups is 1. The molecule has 2 fully saturated rings. The van der Waals surface area contributed by atoms with Gasteiger partial charge in [0.05, 0.1) is 50.7 Å². The van der Waals surface area contributed by atoms with Crippen molar-refractivity contribution in [3.8, 4) is 17.0 Å². The summed E-state index contributed by atoms with van der Waals surface area (Å²) in [5.41, 5.74) is 6.35. The van der Waals surface area contributed by atoms with Gasteiger partial charge in [-0.3, -0.25) is 15.2 Å². The van der Waals surface area contributed by atoms with Crippen molar-refractivity contribution in [1.82, 2.24) is 26.1 Å². The molecule has 0 saturated carbocycles. The molecule has 56 heavy (non-hydrogen) atoms. The molecule has 4 N–H and O–H groups in total. The number of carbonyl (C=O) groups excluding carboxylic acids is 3. The number of hydrogen-bond acceptors (Lipinski definition) is 13.